The number of phenolic OH excluding ortho intramolecular Hbond substituents is 1. The average molecular weight is 4830 g/mol. The Balaban J connectivity index is 0.000000772. The van der Waals surface area contributed by atoms with Crippen molar-refractivity contribution in [3.8, 4) is 46.0 Å². The van der Waals surface area contributed by atoms with E-state index >= 15 is 0 Å². The normalized spacial score (nSPS) is 12.8. The maximum absolute atomic E-state index is 13.8. The molecule has 1 N–H and O–H groups in total. The van der Waals surface area contributed by atoms with Crippen LogP contribution in [0.15, 0.2) is 42.5 Å². The van der Waals surface area contributed by atoms with Crippen molar-refractivity contribution >= 4 is 642 Å². The molecule has 73 heteroatoms. The van der Waals surface area contributed by atoms with Crippen molar-refractivity contribution in [2.24, 2.45) is 0 Å². The van der Waals surface area contributed by atoms with Crippen molar-refractivity contribution in [2.75, 3.05) is 60.1 Å². The largest absolute Gasteiger partial charge is 0.748 e. The number of hydrogen-bond acceptors (Lipinski definition) is 30. The maximum Gasteiger partial charge on any atom is 0.426 e. The molecule has 7 rings (SSSR count). The van der Waals surface area contributed by atoms with E-state index in [1.165, 1.54) is 24.3 Å². The van der Waals surface area contributed by atoms with E-state index < -0.39 is 160 Å². The Kier molecular flexibility index (Phi) is 65.2. The van der Waals surface area contributed by atoms with E-state index in [1.807, 2.05) is 238 Å². The van der Waals surface area contributed by atoms with Crippen LogP contribution in [0.5, 0.6) is 46.0 Å². The first kappa shape index (κ1) is 139. The minimum Gasteiger partial charge on any atom is -0.748 e. The molecular weight excluding hydrogens is 4790 g/mol. The molecule has 0 saturated heterocycles. The zero-order valence-corrected chi connectivity index (χ0v) is 121. The third-order valence-corrected chi connectivity index (χ3v) is 57.1. The van der Waals surface area contributed by atoms with Crippen LogP contribution < -0.4 is 33.2 Å². The second-order valence-electron chi connectivity index (χ2n) is 22.7. The number of hydrogen-bond donors (Lipinski definition) is 1. The Hall–Kier alpha value is 9.46. The van der Waals surface area contributed by atoms with Gasteiger partial charge in [-0.05, 0) is 601 Å². The fourth-order valence-electron chi connectivity index (χ4n) is 7.21. The minimum absolute atomic E-state index is 0.00856. The van der Waals surface area contributed by atoms with Gasteiger partial charge in [0.05, 0.1) is 149 Å². The molecule has 3 atom stereocenters. The number of phenols is 1. The van der Waals surface area contributed by atoms with E-state index in [1.54, 1.807) is 142 Å². The third kappa shape index (κ3) is 52.1. The van der Waals surface area contributed by atoms with Crippen LogP contribution in [-0.4, -0.2) is 199 Å². The Morgan fingerprint density at radius 2 is 0.553 bits per heavy atom. The van der Waals surface area contributed by atoms with E-state index in [0.29, 0.717) is 53.0 Å². The average Bonchev–Trinajstić information content (AvgIpc) is 0.786. The summed E-state index contributed by atoms with van der Waals surface area (Å²) < 4.78 is 414. The Morgan fingerprint density at radius 3 is 0.841 bits per heavy atom. The maximum atomic E-state index is 13.8. The van der Waals surface area contributed by atoms with E-state index in [0.717, 1.165) is 35.7 Å². The van der Waals surface area contributed by atoms with Crippen molar-refractivity contribution < 1.29 is 182 Å². The molecule has 0 aliphatic heterocycles. The van der Waals surface area contributed by atoms with Gasteiger partial charge in [0.25, 0.3) is 0 Å². The quantitative estimate of drug-likeness (QED) is 0.00950. The van der Waals surface area contributed by atoms with E-state index in [4.69, 9.17) is 28.4 Å². The molecule has 0 bridgehead atoms. The highest BCUT2D eigenvalue weighted by Crippen LogP contribution is 2.45. The van der Waals surface area contributed by atoms with Gasteiger partial charge in [0.15, 0.2) is 11.6 Å². The SMILES string of the molecule is O=C(CS(=O)(=O)[O-])Oc1cccc(O)c1I.O=S(=O)([O-])CC(Oc1c(I)c(I)c(F)c(I)c1I)C(F)(F)F.O=S(=O)([O-])CC(Oc1c(I)c(I)c(I)c(I)c1I)C(F)(F)F.O=S(=O)([O-])CC(Oc1cc(I)c(I)cc1I)C(F)(F)F.O=S(=O)([O-])CCOc1c(I)c(I)c(F)c(I)c1I.O=S(=O)([O-])CCOc1c(I)c(I)c(I)c(I)c1I.O=S(=O)([O-])CCOc1cc(I)c(I)cc1I. The van der Waals surface area contributed by atoms with E-state index in [-0.39, 0.29) is 72.2 Å². The lowest BCUT2D eigenvalue weighted by molar-refractivity contribution is -0.189. The summed E-state index contributed by atoms with van der Waals surface area (Å²) in [5, 5.41) is 9.27. The van der Waals surface area contributed by atoms with Crippen LogP contribution in [0.3, 0.4) is 0 Å². The molecule has 0 fully saturated rings. The lowest BCUT2D eigenvalue weighted by atomic mass is 10.3. The van der Waals surface area contributed by atoms with Crippen molar-refractivity contribution in [1.82, 2.24) is 0 Å². The number of aromatic hydroxyl groups is 1. The molecule has 0 aliphatic carbocycles. The fourth-order valence-corrected chi connectivity index (χ4v) is 31.7. The molecule has 7 aromatic carbocycles. The predicted molar refractivity (Wildman–Crippen MR) is 660 cm³/mol. The number of rotatable bonds is 27. The molecule has 30 nitrogen and oxygen atoms in total. The molecule has 748 valence electrons. The standard InChI is InChI=1S/C9H4F4I4O4S.C9H4F3I5O4S.C9H6F3I3O4S.C8H5FI4O4S.C8H5I5O4S.C8H7I3O4S.C8H7IO6S/c10-3-4(14)6(16)8(7(17)5(3)15)21-2(9(11,12)13)1-22(18,19)20;10-9(11,12)2(1-22(18,19)20)21-8-6(16)4(14)3(13)5(15)7(8)17;10-9(11,12)8(3-20(16,17)18)19-7-2-5(14)4(13)1-6(7)15;2*9-3-4(10)6(12)8(7(13)5(3)11)17-1-2-18(14,15)16;9-5-3-7(11)8(4-6(5)10)15-1-2-16(12,13)14;9-8-5(10)2-1-3-6(8)15-7(11)4-16(12,13)14/h2*2H,1H2,(H,18,19,20);1-2,8H,3H2,(H,16,17,18);2*1-2H2,(H,14,15,16);3-4H,1-2H2,(H,12,13,14);1-3,10H,4H2,(H,12,13,14)/p-7. The summed E-state index contributed by atoms with van der Waals surface area (Å²) >= 11 is 48.5. The molecule has 0 aliphatic rings. The predicted octanol–water partition coefficient (Wildman–Crippen LogP) is 21.7. The molecule has 7 aromatic rings. The second-order valence-corrected chi connectivity index (χ2v) is 60.5. The zero-order valence-electron chi connectivity index (χ0n) is 61.1. The van der Waals surface area contributed by atoms with Crippen molar-refractivity contribution in [3.63, 3.8) is 0 Å². The summed E-state index contributed by atoms with van der Waals surface area (Å²) in [4.78, 5) is 11.0. The van der Waals surface area contributed by atoms with Gasteiger partial charge in [0.2, 0.25) is 18.3 Å². The fraction of sp³-hybridized carbons (Fsp3) is 0.271. The zero-order chi connectivity index (χ0) is 103. The number of halogens is 36. The van der Waals surface area contributed by atoms with Gasteiger partial charge in [-0.15, -0.1) is 0 Å². The molecule has 0 aromatic heterocycles. The molecule has 0 radical (unpaired) electrons. The molecule has 3 unspecified atom stereocenters. The topological polar surface area (TPSA) is 502 Å². The van der Waals surface area contributed by atoms with Gasteiger partial charge < -0.3 is 70.1 Å². The first-order valence-electron chi connectivity index (χ1n) is 31.0. The Bertz CT molecular complexity index is 5880. The molecule has 132 heavy (non-hydrogen) atoms. The highest BCUT2D eigenvalue weighted by molar-refractivity contribution is 14.2. The van der Waals surface area contributed by atoms with Crippen molar-refractivity contribution in [1.29, 1.82) is 0 Å². The summed E-state index contributed by atoms with van der Waals surface area (Å²) in [6.07, 6.45) is -23.2. The van der Waals surface area contributed by atoms with Crippen molar-refractivity contribution in [2.45, 2.75) is 36.8 Å². The molecular formula is C59H31F11I25O30S7-7. The van der Waals surface area contributed by atoms with Gasteiger partial charge in [-0.25, -0.2) is 67.7 Å². The molecule has 0 saturated carbocycles. The van der Waals surface area contributed by atoms with Crippen LogP contribution in [0.2, 0.25) is 0 Å². The van der Waals surface area contributed by atoms with E-state index in [9.17, 15) is 149 Å². The van der Waals surface area contributed by atoms with Gasteiger partial charge in [0, 0.05) is 35.7 Å². The first-order chi connectivity index (χ1) is 59.3. The molecule has 0 amide bonds. The Morgan fingerprint density at radius 1 is 0.303 bits per heavy atom. The van der Waals surface area contributed by atoms with Crippen LogP contribution in [0.25, 0.3) is 0 Å². The smallest absolute Gasteiger partial charge is 0.426 e. The summed E-state index contributed by atoms with van der Waals surface area (Å²) in [5.74, 6) is -8.97. The number of ether oxygens (including phenoxy) is 7. The number of benzene rings is 7. The first-order valence-corrected chi connectivity index (χ1v) is 69.0. The van der Waals surface area contributed by atoms with Crippen LogP contribution in [0.1, 0.15) is 0 Å². The molecule has 0 spiro atoms. The number of alkyl halides is 9. The molecule has 0 heterocycles. The number of carbonyl (C=O) groups excluding carboxylic acids is 1. The van der Waals surface area contributed by atoms with Gasteiger partial charge in [0.1, 0.15) is 81.7 Å². The summed E-state index contributed by atoms with van der Waals surface area (Å²) in [6, 6.07) is 10.9. The van der Waals surface area contributed by atoms with Crippen LogP contribution in [0.4, 0.5) is 48.3 Å². The van der Waals surface area contributed by atoms with E-state index in [2.05, 4.69) is 208 Å². The number of carbonyl (C=O) groups is 1. The van der Waals surface area contributed by atoms with Gasteiger partial charge >= 0.3 is 24.5 Å². The lowest BCUT2D eigenvalue weighted by Gasteiger charge is -2.25. The summed E-state index contributed by atoms with van der Waals surface area (Å²) in [5.41, 5.74) is 0. The Labute approximate surface area is 1090 Å². The third-order valence-electron chi connectivity index (χ3n) is 12.8. The van der Waals surface area contributed by atoms with Crippen LogP contribution in [-0.2, 0) is 75.6 Å². The van der Waals surface area contributed by atoms with Crippen LogP contribution in [0, 0.1) is 101 Å². The highest BCUT2D eigenvalue weighted by Gasteiger charge is 2.46. The lowest BCUT2D eigenvalue weighted by Crippen LogP contribution is -2.40. The monoisotopic (exact) mass is 4820 g/mol. The van der Waals surface area contributed by atoms with Gasteiger partial charge in [-0.2, -0.15) is 39.5 Å². The number of esters is 1. The van der Waals surface area contributed by atoms with Crippen molar-refractivity contribution in [3.05, 3.63) is 143 Å². The summed E-state index contributed by atoms with van der Waals surface area (Å²) in [6.45, 7) is -0.473. The van der Waals surface area contributed by atoms with Crippen LogP contribution >= 0.6 is 565 Å². The minimum atomic E-state index is -5.16. The van der Waals surface area contributed by atoms with Gasteiger partial charge in [-0.3, -0.25) is 4.79 Å². The van der Waals surface area contributed by atoms with Gasteiger partial charge in [-0.1, -0.05) is 6.07 Å². The highest BCUT2D eigenvalue weighted by atomic mass is 127. The second kappa shape index (κ2) is 61.7. The summed E-state index contributed by atoms with van der Waals surface area (Å²) in [7, 11) is -32.7.